The van der Waals surface area contributed by atoms with Crippen molar-refractivity contribution in [2.24, 2.45) is 64.4 Å². The number of ether oxygens (including phenoxy) is 1. The molecule has 3 fully saturated rings. The summed E-state index contributed by atoms with van der Waals surface area (Å²) in [6, 6.07) is 27.8. The summed E-state index contributed by atoms with van der Waals surface area (Å²) in [6.07, 6.45) is 11.7. The van der Waals surface area contributed by atoms with Gasteiger partial charge in [-0.2, -0.15) is 0 Å². The van der Waals surface area contributed by atoms with E-state index in [0.29, 0.717) is 87.2 Å². The summed E-state index contributed by atoms with van der Waals surface area (Å²) in [6.45, 7) is 4.74. The number of aliphatic hydroxyl groups excluding tert-OH is 6. The van der Waals surface area contributed by atoms with Gasteiger partial charge in [-0.15, -0.1) is 0 Å². The van der Waals surface area contributed by atoms with Crippen LogP contribution in [0.4, 0.5) is 0 Å². The molecule has 1 spiro atoms. The molecule has 2 aliphatic heterocycles. The molecule has 12 N–H and O–H groups in total. The lowest BCUT2D eigenvalue weighted by atomic mass is 9.45. The number of dihydropyridines is 1. The van der Waals surface area contributed by atoms with Gasteiger partial charge in [-0.25, -0.2) is 0 Å². The first-order valence-corrected chi connectivity index (χ1v) is 34.2. The number of phenols is 1. The molecule has 0 radical (unpaired) electrons. The number of aromatic nitrogens is 1. The molecule has 3 aromatic carbocycles. The lowest BCUT2D eigenvalue weighted by molar-refractivity contribution is -0.117. The smallest absolute Gasteiger partial charge is 0.161 e. The zero-order chi connectivity index (χ0) is 58.2. The Balaban J connectivity index is 0.948. The highest BCUT2D eigenvalue weighted by atomic mass is 33.1. The molecule has 8 aliphatic rings. The Kier molecular flexibility index (Phi) is 18.4. The van der Waals surface area contributed by atoms with E-state index < -0.39 is 59.8 Å². The number of benzene rings is 3. The molecular weight excluding hydrogens is 1090 g/mol. The van der Waals surface area contributed by atoms with E-state index in [-0.39, 0.29) is 59.7 Å². The maximum atomic E-state index is 13.0. The molecule has 450 valence electrons. The van der Waals surface area contributed by atoms with Crippen LogP contribution in [-0.2, 0) is 25.7 Å². The second-order valence-electron chi connectivity index (χ2n) is 26.5. The van der Waals surface area contributed by atoms with Gasteiger partial charge in [0, 0.05) is 89.7 Å². The predicted octanol–water partition coefficient (Wildman–Crippen LogP) is 9.24. The second-order valence-corrected chi connectivity index (χ2v) is 29.0. The average Bonchev–Trinajstić information content (AvgIpc) is 2.74. The lowest BCUT2D eigenvalue weighted by Crippen LogP contribution is -2.58. The van der Waals surface area contributed by atoms with Gasteiger partial charge in [0.25, 0.3) is 0 Å². The van der Waals surface area contributed by atoms with E-state index in [0.717, 1.165) is 72.9 Å². The van der Waals surface area contributed by atoms with E-state index in [4.69, 9.17) is 10.5 Å². The molecule has 6 aliphatic carbocycles. The fourth-order valence-electron chi connectivity index (χ4n) is 17.5. The van der Waals surface area contributed by atoms with Crippen molar-refractivity contribution >= 4 is 21.6 Å². The minimum absolute atomic E-state index is 0.0207. The number of aromatic amines is 1. The number of aryl methyl sites for hydroxylation is 1. The van der Waals surface area contributed by atoms with Crippen molar-refractivity contribution in [1.29, 1.82) is 0 Å². The SMILES string of the molecule is CC[C@H]1Cc2cc(O)c(O[C@H]3C[C@@H](Cc4ccc[nH]4)C4=CCNC(N)=C4CSSC[C@H](CO)[C@@H]3O)cc2[C@H]2C[C@@H](O)[C@@H]3[C@@H](C#C[C@]4(C[C@@H](NC[C@H](C)O)CC[C@@H]3O)C[C@H](c3ccccc3)[C@H]3Cc5ccccc5CC[C@H]5CC[C@H](O)[C@@H]4[C@H]53)C=C12. The second kappa shape index (κ2) is 26.0. The van der Waals surface area contributed by atoms with Crippen LogP contribution in [0.25, 0.3) is 0 Å². The van der Waals surface area contributed by atoms with Crippen molar-refractivity contribution < 1.29 is 40.5 Å². The number of rotatable bonds is 10. The van der Waals surface area contributed by atoms with E-state index >= 15 is 0 Å². The number of hydrogen-bond acceptors (Lipinski definition) is 13. The number of hydrogen-bond donors (Lipinski definition) is 11. The first-order valence-electron chi connectivity index (χ1n) is 31.7. The molecule has 1 aromatic heterocycles. The van der Waals surface area contributed by atoms with Gasteiger partial charge >= 0.3 is 0 Å². The quantitative estimate of drug-likeness (QED) is 0.0406. The Hall–Kier alpha value is -4.66. The van der Waals surface area contributed by atoms with Gasteiger partial charge in [-0.3, -0.25) is 0 Å². The zero-order valence-corrected chi connectivity index (χ0v) is 50.6. The molecule has 14 heteroatoms. The van der Waals surface area contributed by atoms with Crippen molar-refractivity contribution in [3.05, 3.63) is 153 Å². The van der Waals surface area contributed by atoms with Gasteiger partial charge in [0.15, 0.2) is 11.5 Å². The van der Waals surface area contributed by atoms with Gasteiger partial charge < -0.3 is 61.8 Å². The van der Waals surface area contributed by atoms with Crippen LogP contribution in [0, 0.1) is 70.5 Å². The first-order chi connectivity index (χ1) is 40.8. The van der Waals surface area contributed by atoms with Crippen LogP contribution in [0.5, 0.6) is 11.5 Å². The monoisotopic (exact) mass is 1180 g/mol. The molecule has 84 heavy (non-hydrogen) atoms. The van der Waals surface area contributed by atoms with Crippen molar-refractivity contribution in [3.8, 4) is 23.3 Å². The molecule has 19 atom stereocenters. The largest absolute Gasteiger partial charge is 0.504 e. The summed E-state index contributed by atoms with van der Waals surface area (Å²) in [4.78, 5) is 3.39. The third-order valence-electron chi connectivity index (χ3n) is 21.5. The van der Waals surface area contributed by atoms with Gasteiger partial charge in [0.1, 0.15) is 11.9 Å². The van der Waals surface area contributed by atoms with Crippen molar-refractivity contribution in [3.63, 3.8) is 0 Å². The maximum Gasteiger partial charge on any atom is 0.161 e. The summed E-state index contributed by atoms with van der Waals surface area (Å²) >= 11 is 0. The maximum absolute atomic E-state index is 13.0. The van der Waals surface area contributed by atoms with Crippen molar-refractivity contribution in [2.45, 2.75) is 158 Å². The fourth-order valence-corrected chi connectivity index (χ4v) is 20.0. The van der Waals surface area contributed by atoms with Crippen LogP contribution in [0.15, 0.2) is 120 Å². The van der Waals surface area contributed by atoms with Gasteiger partial charge in [0.05, 0.1) is 30.5 Å². The molecule has 1 saturated heterocycles. The topological polar surface area (TPSA) is 217 Å². The van der Waals surface area contributed by atoms with Crippen LogP contribution in [0.3, 0.4) is 0 Å². The number of nitrogens with two attached hydrogens (primary N) is 1. The highest BCUT2D eigenvalue weighted by molar-refractivity contribution is 8.76. The molecule has 0 unspecified atom stereocenters. The molecule has 0 bridgehead atoms. The van der Waals surface area contributed by atoms with Gasteiger partial charge in [-0.1, -0.05) is 113 Å². The van der Waals surface area contributed by atoms with E-state index in [1.165, 1.54) is 22.3 Å². The Morgan fingerprint density at radius 1 is 0.857 bits per heavy atom. The number of fused-ring (bicyclic) bond motifs is 7. The Morgan fingerprint density at radius 3 is 2.45 bits per heavy atom. The molecule has 2 saturated carbocycles. The highest BCUT2D eigenvalue weighted by Gasteiger charge is 2.59. The van der Waals surface area contributed by atoms with Crippen LogP contribution in [0.1, 0.15) is 123 Å². The van der Waals surface area contributed by atoms with Gasteiger partial charge in [0.2, 0.25) is 0 Å². The predicted molar refractivity (Wildman–Crippen MR) is 335 cm³/mol. The standard InChI is InChI=1S/C70H90N4O8S2/c1-3-41-26-47-30-61(79)63(82-64-31-48(27-50-14-9-24-72-50)52-22-25-73-69(71)58(52)39-84-83-38-49(37-75)68(64)81)33-54(47)55-32-62(80)66-46(29-53(41)55)21-23-70(34-51(18-20-59(66)77)74-36-40(2)76)35-57(43-11-5-4-6-12-43)56-28-45-13-8-7-10-42(45)15-16-44-17-19-60(78)67(70)65(44)56/h4-14,22,24,29-30,33,40-41,44,46,48-49,51,55-57,59-60,62,64-68,72-81H,3,15-20,25-28,31-32,34-39,71H2,1-2H3/t40-,41-,44-,46-,48+,49-,51-,55-,56+,57+,59-,60-,62+,64-,65+,66+,67+,68-,70-/m0/s1. The van der Waals surface area contributed by atoms with Crippen molar-refractivity contribution in [1.82, 2.24) is 15.6 Å². The number of nitrogens with one attached hydrogen (secondary N) is 3. The zero-order valence-electron chi connectivity index (χ0n) is 49.0. The van der Waals surface area contributed by atoms with Crippen LogP contribution >= 0.6 is 21.6 Å². The normalized spacial score (nSPS) is 36.4. The Morgan fingerprint density at radius 2 is 1.67 bits per heavy atom. The van der Waals surface area contributed by atoms with E-state index in [1.807, 2.05) is 24.4 Å². The van der Waals surface area contributed by atoms with Crippen LogP contribution in [0.2, 0.25) is 0 Å². The Labute approximate surface area is 505 Å². The minimum Gasteiger partial charge on any atom is -0.504 e. The average molecular weight is 1180 g/mol. The molecule has 3 heterocycles. The Bertz CT molecular complexity index is 3080. The van der Waals surface area contributed by atoms with E-state index in [2.05, 4.69) is 107 Å². The lowest BCUT2D eigenvalue weighted by Gasteiger charge is -2.60. The number of phenolic OH excluding ortho intramolecular Hbond substituents is 1. The van der Waals surface area contributed by atoms with Gasteiger partial charge in [-0.05, 0) is 190 Å². The molecule has 12 nitrogen and oxygen atoms in total. The fraction of sp³-hybridized carbons (Fsp3) is 0.571. The third-order valence-corrected chi connectivity index (χ3v) is 23.9. The van der Waals surface area contributed by atoms with E-state index in [9.17, 15) is 35.7 Å². The third kappa shape index (κ3) is 12.2. The summed E-state index contributed by atoms with van der Waals surface area (Å²) in [7, 11) is 3.26. The molecule has 12 rings (SSSR count). The molecule has 0 amide bonds. The minimum atomic E-state index is -1.08. The molecule has 4 aromatic rings. The first kappa shape index (κ1) is 59.7. The molecular formula is C70H90N4O8S2. The summed E-state index contributed by atoms with van der Waals surface area (Å²) < 4.78 is 7.04. The van der Waals surface area contributed by atoms with Crippen LogP contribution < -0.4 is 21.1 Å². The van der Waals surface area contributed by atoms with Crippen LogP contribution in [-0.4, -0.2) is 115 Å². The van der Waals surface area contributed by atoms with Crippen molar-refractivity contribution in [2.75, 3.05) is 31.2 Å². The summed E-state index contributed by atoms with van der Waals surface area (Å²) in [5, 5.41) is 91.8. The number of allylic oxidation sites excluding steroid dienone is 3. The number of H-pyrrole nitrogens is 1. The summed E-state index contributed by atoms with van der Waals surface area (Å²) in [5.74, 6) is 9.21. The summed E-state index contributed by atoms with van der Waals surface area (Å²) in [5.41, 5.74) is 16.5. The van der Waals surface area contributed by atoms with E-state index in [1.54, 1.807) is 28.5 Å². The number of aliphatic hydroxyl groups is 6. The number of aromatic hydroxyl groups is 1. The highest BCUT2D eigenvalue weighted by Crippen LogP contribution is 2.63.